The summed E-state index contributed by atoms with van der Waals surface area (Å²) in [6.45, 7) is 2.97. The second-order valence-corrected chi connectivity index (χ2v) is 5.50. The Kier molecular flexibility index (Phi) is 4.13. The number of nitrogen functional groups attached to an aromatic ring is 1. The highest BCUT2D eigenvalue weighted by molar-refractivity contribution is 5.59. The fraction of sp³-hybridized carbons (Fsp3) is 0.571. The second-order valence-electron chi connectivity index (χ2n) is 5.50. The lowest BCUT2D eigenvalue weighted by molar-refractivity contribution is -0.136. The first-order chi connectivity index (χ1) is 9.27. The van der Waals surface area contributed by atoms with Gasteiger partial charge in [-0.25, -0.2) is 0 Å². The molecule has 1 saturated heterocycles. The van der Waals surface area contributed by atoms with Gasteiger partial charge in [0.1, 0.15) is 0 Å². The van der Waals surface area contributed by atoms with E-state index in [-0.39, 0.29) is 17.4 Å². The molecule has 0 amide bonds. The molecular formula is C14H20F3N3. The zero-order valence-electron chi connectivity index (χ0n) is 11.7. The van der Waals surface area contributed by atoms with Crippen molar-refractivity contribution in [2.45, 2.75) is 38.0 Å². The fourth-order valence-electron chi connectivity index (χ4n) is 2.56. The van der Waals surface area contributed by atoms with Gasteiger partial charge in [0, 0.05) is 30.0 Å². The maximum atomic E-state index is 13.0. The number of benzene rings is 1. The lowest BCUT2D eigenvalue weighted by Crippen LogP contribution is -2.42. The number of hydrogen-bond donors (Lipinski definition) is 2. The zero-order chi connectivity index (χ0) is 14.9. The molecule has 3 nitrogen and oxygen atoms in total. The van der Waals surface area contributed by atoms with Crippen LogP contribution >= 0.6 is 0 Å². The average Bonchev–Trinajstić information content (AvgIpc) is 2.35. The van der Waals surface area contributed by atoms with Gasteiger partial charge in [0.15, 0.2) is 0 Å². The normalized spacial score (nSPS) is 24.6. The van der Waals surface area contributed by atoms with E-state index in [1.807, 2.05) is 7.05 Å². The lowest BCUT2D eigenvalue weighted by Gasteiger charge is -2.36. The SMILES string of the molecule is CC1CC(Nc2ccc(N)cc2C(F)(F)F)CCN1C. The monoisotopic (exact) mass is 287 g/mol. The molecule has 0 aliphatic carbocycles. The van der Waals surface area contributed by atoms with Crippen molar-refractivity contribution in [3.63, 3.8) is 0 Å². The van der Waals surface area contributed by atoms with Crippen LogP contribution in [0.2, 0.25) is 0 Å². The van der Waals surface area contributed by atoms with Crippen LogP contribution in [0, 0.1) is 0 Å². The van der Waals surface area contributed by atoms with Crippen LogP contribution in [0.1, 0.15) is 25.3 Å². The van der Waals surface area contributed by atoms with Gasteiger partial charge in [-0.15, -0.1) is 0 Å². The molecule has 1 heterocycles. The van der Waals surface area contributed by atoms with Gasteiger partial charge >= 0.3 is 6.18 Å². The summed E-state index contributed by atoms with van der Waals surface area (Å²) in [4.78, 5) is 2.21. The van der Waals surface area contributed by atoms with Gasteiger partial charge in [0.25, 0.3) is 0 Å². The van der Waals surface area contributed by atoms with E-state index in [1.165, 1.54) is 12.1 Å². The molecule has 1 aromatic carbocycles. The highest BCUT2D eigenvalue weighted by Gasteiger charge is 2.34. The van der Waals surface area contributed by atoms with Crippen molar-refractivity contribution in [1.82, 2.24) is 4.90 Å². The summed E-state index contributed by atoms with van der Waals surface area (Å²) in [7, 11) is 2.03. The van der Waals surface area contributed by atoms with Gasteiger partial charge < -0.3 is 16.0 Å². The standard InChI is InChI=1S/C14H20F3N3/c1-9-7-11(5-6-20(9)2)19-13-4-3-10(18)8-12(13)14(15,16)17/h3-4,8-9,11,19H,5-7,18H2,1-2H3. The van der Waals surface area contributed by atoms with Crippen LogP contribution < -0.4 is 11.1 Å². The number of nitrogens with two attached hydrogens (primary N) is 1. The Bertz CT molecular complexity index is 473. The van der Waals surface area contributed by atoms with Crippen LogP contribution in [0.4, 0.5) is 24.5 Å². The molecule has 1 aliphatic rings. The molecular weight excluding hydrogens is 267 g/mol. The number of likely N-dealkylation sites (tertiary alicyclic amines) is 1. The Morgan fingerprint density at radius 3 is 2.65 bits per heavy atom. The van der Waals surface area contributed by atoms with Gasteiger partial charge in [-0.2, -0.15) is 13.2 Å². The fourth-order valence-corrected chi connectivity index (χ4v) is 2.56. The van der Waals surface area contributed by atoms with Gasteiger partial charge in [-0.3, -0.25) is 0 Å². The topological polar surface area (TPSA) is 41.3 Å². The smallest absolute Gasteiger partial charge is 0.399 e. The lowest BCUT2D eigenvalue weighted by atomic mass is 9.98. The molecule has 0 bridgehead atoms. The summed E-state index contributed by atoms with van der Waals surface area (Å²) in [5.74, 6) is 0. The molecule has 0 aromatic heterocycles. The third-order valence-corrected chi connectivity index (χ3v) is 3.92. The predicted molar refractivity (Wildman–Crippen MR) is 74.6 cm³/mol. The van der Waals surface area contributed by atoms with Crippen molar-refractivity contribution >= 4 is 11.4 Å². The first kappa shape index (κ1) is 15.0. The summed E-state index contributed by atoms with van der Waals surface area (Å²) >= 11 is 0. The van der Waals surface area contributed by atoms with E-state index in [9.17, 15) is 13.2 Å². The van der Waals surface area contributed by atoms with Gasteiger partial charge in [-0.1, -0.05) is 0 Å². The number of piperidine rings is 1. The summed E-state index contributed by atoms with van der Waals surface area (Å²) < 4.78 is 39.1. The number of anilines is 2. The average molecular weight is 287 g/mol. The van der Waals surface area contributed by atoms with E-state index < -0.39 is 11.7 Å². The van der Waals surface area contributed by atoms with Crippen LogP contribution in [0.25, 0.3) is 0 Å². The molecule has 1 fully saturated rings. The molecule has 2 unspecified atom stereocenters. The van der Waals surface area contributed by atoms with Crippen LogP contribution in [0.5, 0.6) is 0 Å². The van der Waals surface area contributed by atoms with E-state index >= 15 is 0 Å². The minimum absolute atomic E-state index is 0.0610. The van der Waals surface area contributed by atoms with Gasteiger partial charge in [0.05, 0.1) is 5.56 Å². The number of hydrogen-bond acceptors (Lipinski definition) is 3. The van der Waals surface area contributed by atoms with Crippen LogP contribution in [-0.2, 0) is 6.18 Å². The Labute approximate surface area is 116 Å². The van der Waals surface area contributed by atoms with Crippen LogP contribution in [0.15, 0.2) is 18.2 Å². The number of halogens is 3. The minimum Gasteiger partial charge on any atom is -0.399 e. The molecule has 0 spiro atoms. The Morgan fingerprint density at radius 2 is 2.05 bits per heavy atom. The van der Waals surface area contributed by atoms with Gasteiger partial charge in [0.2, 0.25) is 0 Å². The minimum atomic E-state index is -4.39. The predicted octanol–water partition coefficient (Wildman–Crippen LogP) is 3.18. The Balaban J connectivity index is 2.17. The largest absolute Gasteiger partial charge is 0.418 e. The molecule has 20 heavy (non-hydrogen) atoms. The first-order valence-corrected chi connectivity index (χ1v) is 6.71. The molecule has 0 radical (unpaired) electrons. The maximum Gasteiger partial charge on any atom is 0.418 e. The molecule has 0 saturated carbocycles. The maximum absolute atomic E-state index is 13.0. The molecule has 2 rings (SSSR count). The Hall–Kier alpha value is -1.43. The molecule has 6 heteroatoms. The number of rotatable bonds is 2. The second kappa shape index (κ2) is 5.52. The zero-order valence-corrected chi connectivity index (χ0v) is 11.7. The summed E-state index contributed by atoms with van der Waals surface area (Å²) in [6.07, 6.45) is -2.73. The number of alkyl halides is 3. The van der Waals surface area contributed by atoms with E-state index in [0.717, 1.165) is 25.5 Å². The number of nitrogens with zero attached hydrogens (tertiary/aromatic N) is 1. The third kappa shape index (κ3) is 3.36. The summed E-state index contributed by atoms with van der Waals surface area (Å²) in [5.41, 5.74) is 5.02. The molecule has 1 aromatic rings. The number of nitrogens with one attached hydrogen (secondary N) is 1. The highest BCUT2D eigenvalue weighted by Crippen LogP contribution is 2.37. The first-order valence-electron chi connectivity index (χ1n) is 6.71. The van der Waals surface area contributed by atoms with Crippen LogP contribution in [0.3, 0.4) is 0 Å². The molecule has 2 atom stereocenters. The van der Waals surface area contributed by atoms with E-state index in [1.54, 1.807) is 0 Å². The van der Waals surface area contributed by atoms with E-state index in [0.29, 0.717) is 6.04 Å². The molecule has 112 valence electrons. The van der Waals surface area contributed by atoms with E-state index in [4.69, 9.17) is 5.73 Å². The van der Waals surface area contributed by atoms with Crippen LogP contribution in [-0.4, -0.2) is 30.6 Å². The third-order valence-electron chi connectivity index (χ3n) is 3.92. The molecule has 1 aliphatic heterocycles. The highest BCUT2D eigenvalue weighted by atomic mass is 19.4. The van der Waals surface area contributed by atoms with Gasteiger partial charge in [-0.05, 0) is 45.0 Å². The van der Waals surface area contributed by atoms with E-state index in [2.05, 4.69) is 17.1 Å². The van der Waals surface area contributed by atoms with Crippen molar-refractivity contribution < 1.29 is 13.2 Å². The van der Waals surface area contributed by atoms with Crippen molar-refractivity contribution in [1.29, 1.82) is 0 Å². The molecule has 3 N–H and O–H groups in total. The quantitative estimate of drug-likeness (QED) is 0.821. The van der Waals surface area contributed by atoms with Crippen molar-refractivity contribution in [3.05, 3.63) is 23.8 Å². The van der Waals surface area contributed by atoms with Crippen molar-refractivity contribution in [2.24, 2.45) is 0 Å². The summed E-state index contributed by atoms with van der Waals surface area (Å²) in [6, 6.07) is 4.33. The van der Waals surface area contributed by atoms with Crippen molar-refractivity contribution in [2.75, 3.05) is 24.6 Å². The van der Waals surface area contributed by atoms with Crippen molar-refractivity contribution in [3.8, 4) is 0 Å². The summed E-state index contributed by atoms with van der Waals surface area (Å²) in [5, 5.41) is 3.03. The Morgan fingerprint density at radius 1 is 1.35 bits per heavy atom.